The number of thioether (sulfide) groups is 1. The Hall–Kier alpha value is -1.49. The average Bonchev–Trinajstić information content (AvgIpc) is 3.04. The first-order valence-electron chi connectivity index (χ1n) is 7.81. The number of ether oxygens (including phenoxy) is 1. The summed E-state index contributed by atoms with van der Waals surface area (Å²) < 4.78 is 5.27. The lowest BCUT2D eigenvalue weighted by Gasteiger charge is -2.22. The minimum Gasteiger partial charge on any atom is -0.464 e. The van der Waals surface area contributed by atoms with Gasteiger partial charge in [-0.05, 0) is 30.5 Å². The van der Waals surface area contributed by atoms with Gasteiger partial charge in [-0.1, -0.05) is 32.4 Å². The molecule has 1 aliphatic heterocycles. The molecule has 4 nitrogen and oxygen atoms in total. The molecule has 0 spiro atoms. The van der Waals surface area contributed by atoms with Gasteiger partial charge in [-0.15, -0.1) is 11.8 Å². The van der Waals surface area contributed by atoms with Crippen molar-refractivity contribution in [2.75, 3.05) is 18.2 Å². The maximum atomic E-state index is 12.6. The van der Waals surface area contributed by atoms with Gasteiger partial charge in [0.15, 0.2) is 0 Å². The maximum absolute atomic E-state index is 12.6. The summed E-state index contributed by atoms with van der Waals surface area (Å²) in [5.74, 6) is 0.785. The van der Waals surface area contributed by atoms with Crippen LogP contribution in [0.2, 0.25) is 0 Å². The number of aryl methyl sites for hydroxylation is 1. The molecule has 1 amide bonds. The summed E-state index contributed by atoms with van der Waals surface area (Å²) in [6.45, 7) is 4.56. The van der Waals surface area contributed by atoms with Gasteiger partial charge in [-0.25, -0.2) is 4.79 Å². The zero-order valence-corrected chi connectivity index (χ0v) is 14.0. The number of unbranched alkanes of at least 4 members (excludes halogenated alkanes) is 1. The normalized spacial score (nSPS) is 17.5. The fourth-order valence-corrected chi connectivity index (χ4v) is 3.44. The molecule has 1 heterocycles. The molecule has 120 valence electrons. The van der Waals surface area contributed by atoms with Crippen LogP contribution in [0.15, 0.2) is 24.3 Å². The van der Waals surface area contributed by atoms with E-state index in [1.165, 1.54) is 5.56 Å². The first kappa shape index (κ1) is 16.9. The predicted molar refractivity (Wildman–Crippen MR) is 89.0 cm³/mol. The second kappa shape index (κ2) is 8.22. The van der Waals surface area contributed by atoms with Crippen molar-refractivity contribution in [3.8, 4) is 0 Å². The number of esters is 1. The van der Waals surface area contributed by atoms with E-state index in [9.17, 15) is 9.59 Å². The summed E-state index contributed by atoms with van der Waals surface area (Å²) in [7, 11) is 0. The summed E-state index contributed by atoms with van der Waals surface area (Å²) in [5, 5.41) is 0. The van der Waals surface area contributed by atoms with Crippen LogP contribution in [0, 0.1) is 0 Å². The van der Waals surface area contributed by atoms with E-state index in [0.717, 1.165) is 19.3 Å². The Morgan fingerprint density at radius 2 is 2.00 bits per heavy atom. The van der Waals surface area contributed by atoms with Gasteiger partial charge in [0.25, 0.3) is 5.91 Å². The molecule has 0 N–H and O–H groups in total. The van der Waals surface area contributed by atoms with E-state index < -0.39 is 6.04 Å². The van der Waals surface area contributed by atoms with Gasteiger partial charge >= 0.3 is 5.97 Å². The van der Waals surface area contributed by atoms with E-state index in [-0.39, 0.29) is 11.9 Å². The molecule has 0 bridgehead atoms. The number of hydrogen-bond acceptors (Lipinski definition) is 4. The Labute approximate surface area is 136 Å². The van der Waals surface area contributed by atoms with E-state index in [1.807, 2.05) is 24.3 Å². The molecule has 1 saturated heterocycles. The number of benzene rings is 1. The highest BCUT2D eigenvalue weighted by molar-refractivity contribution is 7.99. The smallest absolute Gasteiger partial charge is 0.329 e. The van der Waals surface area contributed by atoms with Gasteiger partial charge in [0, 0.05) is 11.3 Å². The molecule has 0 aliphatic carbocycles. The van der Waals surface area contributed by atoms with E-state index in [4.69, 9.17) is 4.74 Å². The van der Waals surface area contributed by atoms with Crippen molar-refractivity contribution in [1.82, 2.24) is 4.90 Å². The Bertz CT molecular complexity index is 515. The van der Waals surface area contributed by atoms with Crippen molar-refractivity contribution in [2.45, 2.75) is 39.2 Å². The third kappa shape index (κ3) is 4.03. The number of rotatable bonds is 6. The number of carbonyl (C=O) groups excluding carboxylic acids is 2. The third-order valence-corrected chi connectivity index (χ3v) is 4.78. The molecule has 0 aromatic heterocycles. The molecule has 1 fully saturated rings. The van der Waals surface area contributed by atoms with Crippen LogP contribution >= 0.6 is 11.8 Å². The van der Waals surface area contributed by atoms with Crippen LogP contribution in [0.3, 0.4) is 0 Å². The molecule has 5 heteroatoms. The Kier molecular flexibility index (Phi) is 6.31. The summed E-state index contributed by atoms with van der Waals surface area (Å²) in [4.78, 5) is 26.4. The van der Waals surface area contributed by atoms with Crippen molar-refractivity contribution in [1.29, 1.82) is 0 Å². The standard InChI is InChI=1S/C17H23NO3S/c1-3-5-10-21-17(20)15-11-22-12-18(15)16(19)14-8-6-13(4-2)7-9-14/h6-9,15H,3-5,10-12H2,1-2H3. The van der Waals surface area contributed by atoms with Crippen molar-refractivity contribution in [3.05, 3.63) is 35.4 Å². The lowest BCUT2D eigenvalue weighted by Crippen LogP contribution is -2.42. The molecule has 2 rings (SSSR count). The first-order chi connectivity index (χ1) is 10.7. The molecular weight excluding hydrogens is 298 g/mol. The zero-order chi connectivity index (χ0) is 15.9. The topological polar surface area (TPSA) is 46.6 Å². The third-order valence-electron chi connectivity index (χ3n) is 3.77. The summed E-state index contributed by atoms with van der Waals surface area (Å²) in [5.41, 5.74) is 1.83. The fraction of sp³-hybridized carbons (Fsp3) is 0.529. The summed E-state index contributed by atoms with van der Waals surface area (Å²) in [6.07, 6.45) is 2.79. The van der Waals surface area contributed by atoms with Crippen LogP contribution < -0.4 is 0 Å². The highest BCUT2D eigenvalue weighted by atomic mass is 32.2. The van der Waals surface area contributed by atoms with Crippen LogP contribution in [-0.2, 0) is 16.0 Å². The Balaban J connectivity index is 2.02. The van der Waals surface area contributed by atoms with Crippen LogP contribution in [0.25, 0.3) is 0 Å². The first-order valence-corrected chi connectivity index (χ1v) is 8.97. The van der Waals surface area contributed by atoms with Gasteiger partial charge < -0.3 is 9.64 Å². The molecule has 1 aliphatic rings. The highest BCUT2D eigenvalue weighted by Gasteiger charge is 2.36. The van der Waals surface area contributed by atoms with Gasteiger partial charge in [0.05, 0.1) is 12.5 Å². The average molecular weight is 321 g/mol. The summed E-state index contributed by atoms with van der Waals surface area (Å²) in [6, 6.07) is 7.14. The molecule has 1 aromatic carbocycles. The van der Waals surface area contributed by atoms with E-state index in [0.29, 0.717) is 23.8 Å². The van der Waals surface area contributed by atoms with Gasteiger partial charge in [-0.2, -0.15) is 0 Å². The zero-order valence-electron chi connectivity index (χ0n) is 13.2. The number of amides is 1. The van der Waals surface area contributed by atoms with E-state index >= 15 is 0 Å². The molecule has 1 unspecified atom stereocenters. The predicted octanol–water partition coefficient (Wildman–Crippen LogP) is 3.11. The van der Waals surface area contributed by atoms with Crippen molar-refractivity contribution in [3.63, 3.8) is 0 Å². The largest absolute Gasteiger partial charge is 0.464 e. The van der Waals surface area contributed by atoms with Crippen LogP contribution in [0.1, 0.15) is 42.6 Å². The van der Waals surface area contributed by atoms with Crippen molar-refractivity contribution >= 4 is 23.6 Å². The molecule has 22 heavy (non-hydrogen) atoms. The summed E-state index contributed by atoms with van der Waals surface area (Å²) >= 11 is 1.59. The lowest BCUT2D eigenvalue weighted by atomic mass is 10.1. The minimum atomic E-state index is -0.458. The molecule has 1 atom stereocenters. The molecule has 0 radical (unpaired) electrons. The van der Waals surface area contributed by atoms with Crippen LogP contribution in [-0.4, -0.2) is 41.1 Å². The van der Waals surface area contributed by atoms with E-state index in [1.54, 1.807) is 16.7 Å². The van der Waals surface area contributed by atoms with Gasteiger partial charge in [0.2, 0.25) is 0 Å². The molecule has 0 saturated carbocycles. The Morgan fingerprint density at radius 1 is 1.27 bits per heavy atom. The molecule has 1 aromatic rings. The number of hydrogen-bond donors (Lipinski definition) is 0. The van der Waals surface area contributed by atoms with Crippen LogP contribution in [0.4, 0.5) is 0 Å². The Morgan fingerprint density at radius 3 is 2.64 bits per heavy atom. The van der Waals surface area contributed by atoms with Gasteiger partial charge in [0.1, 0.15) is 6.04 Å². The lowest BCUT2D eigenvalue weighted by molar-refractivity contribution is -0.147. The number of nitrogens with zero attached hydrogens (tertiary/aromatic N) is 1. The SMILES string of the molecule is CCCCOC(=O)C1CSCN1C(=O)c1ccc(CC)cc1. The fourth-order valence-electron chi connectivity index (χ4n) is 2.30. The second-order valence-corrected chi connectivity index (χ2v) is 6.36. The van der Waals surface area contributed by atoms with Crippen LogP contribution in [0.5, 0.6) is 0 Å². The molecular formula is C17H23NO3S. The monoisotopic (exact) mass is 321 g/mol. The minimum absolute atomic E-state index is 0.0925. The van der Waals surface area contributed by atoms with Crippen molar-refractivity contribution in [2.24, 2.45) is 0 Å². The number of carbonyl (C=O) groups is 2. The van der Waals surface area contributed by atoms with Crippen molar-refractivity contribution < 1.29 is 14.3 Å². The quantitative estimate of drug-likeness (QED) is 0.596. The maximum Gasteiger partial charge on any atom is 0.329 e. The second-order valence-electron chi connectivity index (χ2n) is 5.36. The van der Waals surface area contributed by atoms with Gasteiger partial charge in [-0.3, -0.25) is 4.79 Å². The van der Waals surface area contributed by atoms with E-state index in [2.05, 4.69) is 13.8 Å². The highest BCUT2D eigenvalue weighted by Crippen LogP contribution is 2.24.